The zero-order valence-electron chi connectivity index (χ0n) is 14.9. The molecule has 1 aliphatic heterocycles. The summed E-state index contributed by atoms with van der Waals surface area (Å²) in [6.07, 6.45) is 0.770. The van der Waals surface area contributed by atoms with Gasteiger partial charge < -0.3 is 14.8 Å². The smallest absolute Gasteiger partial charge is 0.294 e. The lowest BCUT2D eigenvalue weighted by Crippen LogP contribution is -2.06. The van der Waals surface area contributed by atoms with Crippen LogP contribution in [0.3, 0.4) is 0 Å². The number of fused-ring (bicyclic) bond motifs is 1. The second-order valence-corrected chi connectivity index (χ2v) is 6.08. The molecule has 0 atom stereocenters. The highest BCUT2D eigenvalue weighted by Crippen LogP contribution is 2.41. The Balaban J connectivity index is 1.95. The van der Waals surface area contributed by atoms with Crippen molar-refractivity contribution in [2.24, 2.45) is 0 Å². The number of para-hydroxylation sites is 2. The van der Waals surface area contributed by atoms with Gasteiger partial charge in [0, 0.05) is 23.7 Å². The molecule has 27 heavy (non-hydrogen) atoms. The van der Waals surface area contributed by atoms with Crippen LogP contribution in [-0.2, 0) is 6.42 Å². The Morgan fingerprint density at radius 3 is 2.74 bits per heavy atom. The maximum atomic E-state index is 11.5. The van der Waals surface area contributed by atoms with Gasteiger partial charge in [0.2, 0.25) is 0 Å². The standard InChI is InChI=1S/C19H18N4O4/c1-26-12-7-8-17(27-2)14(11-12)18-13-9-10-20-19(13)22(21-18)15-5-3-4-6-16(15)23(24)25/h3-8,11,20H,9-10H2,1-2H3. The minimum absolute atomic E-state index is 0.000609. The summed E-state index contributed by atoms with van der Waals surface area (Å²) in [5, 5.41) is 19.5. The number of nitro groups is 1. The van der Waals surface area contributed by atoms with Crippen molar-refractivity contribution < 1.29 is 14.4 Å². The number of hydrogen-bond donors (Lipinski definition) is 1. The molecule has 1 aromatic heterocycles. The highest BCUT2D eigenvalue weighted by Gasteiger charge is 2.28. The summed E-state index contributed by atoms with van der Waals surface area (Å²) >= 11 is 0. The quantitative estimate of drug-likeness (QED) is 0.549. The zero-order chi connectivity index (χ0) is 19.0. The number of aromatic nitrogens is 2. The van der Waals surface area contributed by atoms with E-state index >= 15 is 0 Å². The number of nitro benzene ring substituents is 1. The normalized spacial score (nSPS) is 12.4. The van der Waals surface area contributed by atoms with E-state index in [1.165, 1.54) is 6.07 Å². The van der Waals surface area contributed by atoms with E-state index in [4.69, 9.17) is 14.6 Å². The Kier molecular flexibility index (Phi) is 4.15. The molecule has 0 fully saturated rings. The molecule has 0 bridgehead atoms. The molecule has 4 rings (SSSR count). The number of benzene rings is 2. The van der Waals surface area contributed by atoms with E-state index in [0.29, 0.717) is 17.2 Å². The van der Waals surface area contributed by atoms with Crippen LogP contribution in [0.4, 0.5) is 11.5 Å². The van der Waals surface area contributed by atoms with Crippen LogP contribution in [0.5, 0.6) is 11.5 Å². The van der Waals surface area contributed by atoms with Gasteiger partial charge >= 0.3 is 0 Å². The molecule has 1 N–H and O–H groups in total. The summed E-state index contributed by atoms with van der Waals surface area (Å²) < 4.78 is 12.5. The fourth-order valence-electron chi connectivity index (χ4n) is 3.36. The van der Waals surface area contributed by atoms with Crippen LogP contribution < -0.4 is 14.8 Å². The van der Waals surface area contributed by atoms with Crippen LogP contribution in [0.1, 0.15) is 5.56 Å². The van der Waals surface area contributed by atoms with Gasteiger partial charge in [-0.3, -0.25) is 10.1 Å². The fraction of sp³-hybridized carbons (Fsp3) is 0.211. The van der Waals surface area contributed by atoms with Gasteiger partial charge in [-0.05, 0) is 30.7 Å². The topological polar surface area (TPSA) is 91.5 Å². The molecule has 1 aliphatic rings. The molecule has 138 valence electrons. The number of nitrogens with zero attached hydrogens (tertiary/aromatic N) is 3. The summed E-state index contributed by atoms with van der Waals surface area (Å²) in [6, 6.07) is 12.1. The third-order valence-corrected chi connectivity index (χ3v) is 4.62. The zero-order valence-corrected chi connectivity index (χ0v) is 14.9. The Morgan fingerprint density at radius 1 is 1.19 bits per heavy atom. The van der Waals surface area contributed by atoms with Crippen LogP contribution in [0.25, 0.3) is 16.9 Å². The van der Waals surface area contributed by atoms with E-state index in [1.54, 1.807) is 37.1 Å². The van der Waals surface area contributed by atoms with Crippen LogP contribution in [0.15, 0.2) is 42.5 Å². The lowest BCUT2D eigenvalue weighted by Gasteiger charge is -2.10. The summed E-state index contributed by atoms with van der Waals surface area (Å²) in [7, 11) is 3.20. The van der Waals surface area contributed by atoms with Crippen molar-refractivity contribution in [3.8, 4) is 28.4 Å². The maximum Gasteiger partial charge on any atom is 0.294 e. The van der Waals surface area contributed by atoms with Gasteiger partial charge in [-0.15, -0.1) is 0 Å². The lowest BCUT2D eigenvalue weighted by molar-refractivity contribution is -0.384. The summed E-state index contributed by atoms with van der Waals surface area (Å²) in [5.41, 5.74) is 2.93. The molecule has 8 nitrogen and oxygen atoms in total. The Bertz CT molecular complexity index is 1030. The number of ether oxygens (including phenoxy) is 2. The van der Waals surface area contributed by atoms with Gasteiger partial charge in [-0.2, -0.15) is 5.10 Å². The average Bonchev–Trinajstić information content (AvgIpc) is 3.30. The van der Waals surface area contributed by atoms with Crippen molar-refractivity contribution in [3.63, 3.8) is 0 Å². The average molecular weight is 366 g/mol. The van der Waals surface area contributed by atoms with Crippen LogP contribution in [-0.4, -0.2) is 35.5 Å². The van der Waals surface area contributed by atoms with Crippen molar-refractivity contribution >= 4 is 11.5 Å². The molecule has 0 unspecified atom stereocenters. The van der Waals surface area contributed by atoms with Crippen molar-refractivity contribution in [3.05, 3.63) is 58.1 Å². The molecule has 0 amide bonds. The van der Waals surface area contributed by atoms with E-state index in [2.05, 4.69) is 5.32 Å². The molecule has 0 aliphatic carbocycles. The number of methoxy groups -OCH3 is 2. The van der Waals surface area contributed by atoms with Gasteiger partial charge in [-0.25, -0.2) is 4.68 Å². The molecule has 0 radical (unpaired) electrons. The van der Waals surface area contributed by atoms with Gasteiger partial charge in [0.25, 0.3) is 5.69 Å². The largest absolute Gasteiger partial charge is 0.497 e. The van der Waals surface area contributed by atoms with Gasteiger partial charge in [0.15, 0.2) is 0 Å². The predicted octanol–water partition coefficient (Wildman–Crippen LogP) is 3.43. The number of rotatable bonds is 5. The minimum atomic E-state index is -0.399. The molecule has 0 spiro atoms. The molecule has 3 aromatic rings. The van der Waals surface area contributed by atoms with Crippen LogP contribution in [0.2, 0.25) is 0 Å². The number of anilines is 1. The molecule has 8 heteroatoms. The van der Waals surface area contributed by atoms with E-state index in [0.717, 1.165) is 35.6 Å². The first kappa shape index (κ1) is 16.9. The van der Waals surface area contributed by atoms with E-state index in [9.17, 15) is 10.1 Å². The molecular weight excluding hydrogens is 348 g/mol. The van der Waals surface area contributed by atoms with E-state index in [-0.39, 0.29) is 5.69 Å². The van der Waals surface area contributed by atoms with Gasteiger partial charge in [-0.1, -0.05) is 12.1 Å². The van der Waals surface area contributed by atoms with Gasteiger partial charge in [0.1, 0.15) is 28.7 Å². The molecule has 2 heterocycles. The Labute approximate surface area is 155 Å². The predicted molar refractivity (Wildman–Crippen MR) is 101 cm³/mol. The summed E-state index contributed by atoms with van der Waals surface area (Å²) in [6.45, 7) is 0.743. The molecule has 0 saturated heterocycles. The maximum absolute atomic E-state index is 11.5. The Hall–Kier alpha value is -3.55. The highest BCUT2D eigenvalue weighted by molar-refractivity contribution is 5.78. The molecule has 0 saturated carbocycles. The number of nitrogens with one attached hydrogen (secondary N) is 1. The first-order valence-electron chi connectivity index (χ1n) is 8.46. The first-order valence-corrected chi connectivity index (χ1v) is 8.46. The van der Waals surface area contributed by atoms with Crippen molar-refractivity contribution in [1.29, 1.82) is 0 Å². The van der Waals surface area contributed by atoms with Crippen molar-refractivity contribution in [2.75, 3.05) is 26.1 Å². The molecule has 2 aromatic carbocycles. The van der Waals surface area contributed by atoms with Gasteiger partial charge in [0.05, 0.1) is 19.1 Å². The first-order chi connectivity index (χ1) is 13.1. The van der Waals surface area contributed by atoms with E-state index in [1.807, 2.05) is 18.2 Å². The molecular formula is C19H18N4O4. The van der Waals surface area contributed by atoms with Crippen molar-refractivity contribution in [1.82, 2.24) is 9.78 Å². The van der Waals surface area contributed by atoms with Crippen LogP contribution >= 0.6 is 0 Å². The Morgan fingerprint density at radius 2 is 2.00 bits per heavy atom. The van der Waals surface area contributed by atoms with Crippen LogP contribution in [0, 0.1) is 10.1 Å². The summed E-state index contributed by atoms with van der Waals surface area (Å²) in [4.78, 5) is 11.1. The second kappa shape index (κ2) is 6.64. The summed E-state index contributed by atoms with van der Waals surface area (Å²) in [5.74, 6) is 2.12. The third-order valence-electron chi connectivity index (χ3n) is 4.62. The van der Waals surface area contributed by atoms with Crippen molar-refractivity contribution in [2.45, 2.75) is 6.42 Å². The highest BCUT2D eigenvalue weighted by atomic mass is 16.6. The monoisotopic (exact) mass is 366 g/mol. The van der Waals surface area contributed by atoms with E-state index < -0.39 is 4.92 Å². The SMILES string of the molecule is COc1ccc(OC)c(-c2nn(-c3ccccc3[N+](=O)[O-])c3c2CCN3)c1. The minimum Gasteiger partial charge on any atom is -0.497 e. The fourth-order valence-corrected chi connectivity index (χ4v) is 3.36. The third kappa shape index (κ3) is 2.75. The number of hydrogen-bond acceptors (Lipinski definition) is 6. The lowest BCUT2D eigenvalue weighted by atomic mass is 10.1. The second-order valence-electron chi connectivity index (χ2n) is 6.08.